The third-order valence-corrected chi connectivity index (χ3v) is 5.65. The summed E-state index contributed by atoms with van der Waals surface area (Å²) in [6.07, 6.45) is 3.05. The Morgan fingerprint density at radius 1 is 1.07 bits per heavy atom. The van der Waals surface area contributed by atoms with E-state index in [4.69, 9.17) is 0 Å². The highest BCUT2D eigenvalue weighted by Crippen LogP contribution is 2.37. The van der Waals surface area contributed by atoms with Gasteiger partial charge in [-0.2, -0.15) is 0 Å². The number of amides is 1. The quantitative estimate of drug-likeness (QED) is 0.389. The van der Waals surface area contributed by atoms with Crippen LogP contribution in [0.15, 0.2) is 66.2 Å². The maximum atomic E-state index is 13.2. The molecule has 0 aliphatic rings. The number of imidazole rings is 1. The van der Waals surface area contributed by atoms with Crippen LogP contribution >= 0.6 is 11.8 Å². The van der Waals surface area contributed by atoms with E-state index in [9.17, 15) is 4.79 Å². The first kappa shape index (κ1) is 18.2. The van der Waals surface area contributed by atoms with Gasteiger partial charge in [-0.25, -0.2) is 15.0 Å². The predicted octanol–water partition coefficient (Wildman–Crippen LogP) is 4.44. The third-order valence-electron chi connectivity index (χ3n) is 4.40. The fraction of sp³-hybridized carbons (Fsp3) is 0.143. The molecule has 2 aromatic carbocycles. The zero-order valence-corrected chi connectivity index (χ0v) is 16.3. The first-order valence-corrected chi connectivity index (χ1v) is 9.73. The Labute approximate surface area is 166 Å². The molecule has 2 N–H and O–H groups in total. The molecule has 0 aliphatic heterocycles. The van der Waals surface area contributed by atoms with Crippen molar-refractivity contribution in [3.63, 3.8) is 0 Å². The number of carbonyl (C=O) groups is 1. The van der Waals surface area contributed by atoms with Crippen LogP contribution in [-0.2, 0) is 4.79 Å². The van der Waals surface area contributed by atoms with Gasteiger partial charge in [-0.1, -0.05) is 59.8 Å². The number of aromatic nitrogens is 4. The molecule has 140 valence electrons. The van der Waals surface area contributed by atoms with Gasteiger partial charge in [-0.05, 0) is 31.0 Å². The zero-order valence-electron chi connectivity index (χ0n) is 15.5. The van der Waals surface area contributed by atoms with Gasteiger partial charge in [0.1, 0.15) is 22.1 Å². The minimum Gasteiger partial charge on any atom is -0.341 e. The van der Waals surface area contributed by atoms with E-state index in [-0.39, 0.29) is 5.91 Å². The van der Waals surface area contributed by atoms with E-state index in [0.717, 1.165) is 27.9 Å². The molecule has 0 unspecified atom stereocenters. The van der Waals surface area contributed by atoms with E-state index in [1.165, 1.54) is 18.1 Å². The smallest absolute Gasteiger partial charge is 0.242 e. The highest BCUT2D eigenvalue weighted by Gasteiger charge is 2.24. The first-order valence-electron chi connectivity index (χ1n) is 8.85. The predicted molar refractivity (Wildman–Crippen MR) is 111 cm³/mol. The van der Waals surface area contributed by atoms with Crippen LogP contribution in [0.1, 0.15) is 21.9 Å². The van der Waals surface area contributed by atoms with Crippen molar-refractivity contribution in [2.45, 2.75) is 24.1 Å². The fourth-order valence-corrected chi connectivity index (χ4v) is 4.06. The summed E-state index contributed by atoms with van der Waals surface area (Å²) in [4.78, 5) is 29.0. The van der Waals surface area contributed by atoms with Crippen molar-refractivity contribution in [2.75, 3.05) is 5.32 Å². The Balaban J connectivity index is 1.67. The summed E-state index contributed by atoms with van der Waals surface area (Å²) >= 11 is 1.38. The summed E-state index contributed by atoms with van der Waals surface area (Å²) in [5.41, 5.74) is 5.22. The van der Waals surface area contributed by atoms with E-state index in [1.807, 2.05) is 56.3 Å². The van der Waals surface area contributed by atoms with Gasteiger partial charge in [0.25, 0.3) is 0 Å². The maximum absolute atomic E-state index is 13.2. The Bertz CT molecular complexity index is 1130. The summed E-state index contributed by atoms with van der Waals surface area (Å²) in [6.45, 7) is 4.03. The SMILES string of the molecule is Cc1ccc(NC(=O)[C@@H](Sc2ncnc3nc[nH]c23)c2ccccc2)c(C)c1. The standard InChI is InChI=1S/C21H19N5OS/c1-13-8-9-16(14(2)10-13)26-20(27)18(15-6-4-3-5-7-15)28-21-17-19(23-11-22-17)24-12-25-21/h3-12,18H,1-2H3,(H,26,27)(H,22,23,24,25)/t18-/m0/s1. The molecule has 6 nitrogen and oxygen atoms in total. The Kier molecular flexibility index (Phi) is 5.08. The summed E-state index contributed by atoms with van der Waals surface area (Å²) in [7, 11) is 0. The molecule has 1 amide bonds. The summed E-state index contributed by atoms with van der Waals surface area (Å²) in [5, 5.41) is 3.29. The van der Waals surface area contributed by atoms with Gasteiger partial charge in [-0.3, -0.25) is 4.79 Å². The van der Waals surface area contributed by atoms with E-state index in [2.05, 4.69) is 31.3 Å². The molecule has 28 heavy (non-hydrogen) atoms. The number of nitrogens with one attached hydrogen (secondary N) is 2. The van der Waals surface area contributed by atoms with Crippen LogP contribution in [0.25, 0.3) is 11.2 Å². The first-order chi connectivity index (χ1) is 13.6. The molecule has 1 atom stereocenters. The zero-order chi connectivity index (χ0) is 19.5. The number of fused-ring (bicyclic) bond motifs is 1. The van der Waals surface area contributed by atoms with Crippen molar-refractivity contribution in [3.05, 3.63) is 77.9 Å². The van der Waals surface area contributed by atoms with Crippen LogP contribution in [0, 0.1) is 13.8 Å². The molecule has 4 aromatic rings. The minimum absolute atomic E-state index is 0.102. The van der Waals surface area contributed by atoms with Gasteiger partial charge in [0.2, 0.25) is 5.91 Å². The Morgan fingerprint density at radius 2 is 1.89 bits per heavy atom. The molecule has 0 radical (unpaired) electrons. The van der Waals surface area contributed by atoms with E-state index < -0.39 is 5.25 Å². The van der Waals surface area contributed by atoms with E-state index in [1.54, 1.807) is 6.33 Å². The second-order valence-electron chi connectivity index (χ2n) is 6.50. The monoisotopic (exact) mass is 389 g/mol. The Morgan fingerprint density at radius 3 is 2.68 bits per heavy atom. The third kappa shape index (κ3) is 3.75. The number of aromatic amines is 1. The number of nitrogens with zero attached hydrogens (tertiary/aromatic N) is 3. The molecule has 0 aliphatic carbocycles. The number of carbonyl (C=O) groups excluding carboxylic acids is 1. The normalized spacial score (nSPS) is 12.1. The van der Waals surface area contributed by atoms with Crippen LogP contribution in [0.3, 0.4) is 0 Å². The molecular weight excluding hydrogens is 370 g/mol. The average molecular weight is 389 g/mol. The second-order valence-corrected chi connectivity index (χ2v) is 7.59. The summed E-state index contributed by atoms with van der Waals surface area (Å²) in [6, 6.07) is 15.7. The lowest BCUT2D eigenvalue weighted by molar-refractivity contribution is -0.115. The topological polar surface area (TPSA) is 83.6 Å². The van der Waals surface area contributed by atoms with Crippen molar-refractivity contribution in [1.29, 1.82) is 0 Å². The summed E-state index contributed by atoms with van der Waals surface area (Å²) in [5.74, 6) is -0.102. The van der Waals surface area contributed by atoms with Gasteiger partial charge in [0.05, 0.1) is 6.33 Å². The van der Waals surface area contributed by atoms with Crippen molar-refractivity contribution in [1.82, 2.24) is 19.9 Å². The highest BCUT2D eigenvalue weighted by atomic mass is 32.2. The lowest BCUT2D eigenvalue weighted by Crippen LogP contribution is -2.19. The molecular formula is C21H19N5OS. The molecule has 4 rings (SSSR count). The highest BCUT2D eigenvalue weighted by molar-refractivity contribution is 8.00. The molecule has 2 aromatic heterocycles. The lowest BCUT2D eigenvalue weighted by Gasteiger charge is -2.18. The molecule has 0 fully saturated rings. The van der Waals surface area contributed by atoms with Crippen LogP contribution in [0.5, 0.6) is 0 Å². The number of thioether (sulfide) groups is 1. The van der Waals surface area contributed by atoms with Crippen molar-refractivity contribution >= 4 is 34.5 Å². The van der Waals surface area contributed by atoms with Crippen LogP contribution in [0.2, 0.25) is 0 Å². The van der Waals surface area contributed by atoms with Crippen LogP contribution in [-0.4, -0.2) is 25.8 Å². The minimum atomic E-state index is -0.469. The maximum Gasteiger partial charge on any atom is 0.242 e. The number of rotatable bonds is 5. The summed E-state index contributed by atoms with van der Waals surface area (Å²) < 4.78 is 0. The van der Waals surface area contributed by atoms with Crippen molar-refractivity contribution in [3.8, 4) is 0 Å². The van der Waals surface area contributed by atoms with Gasteiger partial charge in [0, 0.05) is 5.69 Å². The molecule has 2 heterocycles. The fourth-order valence-electron chi connectivity index (χ4n) is 3.00. The van der Waals surface area contributed by atoms with Gasteiger partial charge in [-0.15, -0.1) is 0 Å². The van der Waals surface area contributed by atoms with Crippen molar-refractivity contribution in [2.24, 2.45) is 0 Å². The molecule has 0 saturated carbocycles. The number of hydrogen-bond acceptors (Lipinski definition) is 5. The molecule has 0 spiro atoms. The largest absolute Gasteiger partial charge is 0.341 e. The molecule has 0 bridgehead atoms. The molecule has 0 saturated heterocycles. The number of hydrogen-bond donors (Lipinski definition) is 2. The van der Waals surface area contributed by atoms with Crippen LogP contribution < -0.4 is 5.32 Å². The van der Waals surface area contributed by atoms with Crippen LogP contribution in [0.4, 0.5) is 5.69 Å². The van der Waals surface area contributed by atoms with Gasteiger partial charge >= 0.3 is 0 Å². The average Bonchev–Trinajstić information content (AvgIpc) is 3.18. The molecule has 7 heteroatoms. The van der Waals surface area contributed by atoms with Gasteiger partial charge in [0.15, 0.2) is 5.65 Å². The second kappa shape index (κ2) is 7.82. The number of H-pyrrole nitrogens is 1. The number of aryl methyl sites for hydroxylation is 2. The Hall–Kier alpha value is -3.19. The van der Waals surface area contributed by atoms with Gasteiger partial charge < -0.3 is 10.3 Å². The van der Waals surface area contributed by atoms with Crippen molar-refractivity contribution < 1.29 is 4.79 Å². The number of benzene rings is 2. The van der Waals surface area contributed by atoms with E-state index >= 15 is 0 Å². The van der Waals surface area contributed by atoms with E-state index in [0.29, 0.717) is 10.7 Å². The lowest BCUT2D eigenvalue weighted by atomic mass is 10.1. The number of anilines is 1.